The van der Waals surface area contributed by atoms with Crippen molar-refractivity contribution in [3.05, 3.63) is 152 Å². The molecule has 10 aromatic rings. The second kappa shape index (κ2) is 10.5. The molecule has 5 heteroatoms. The van der Waals surface area contributed by atoms with Crippen LogP contribution in [0.4, 0.5) is 0 Å². The second-order valence-corrected chi connectivity index (χ2v) is 12.0. The van der Waals surface area contributed by atoms with Gasteiger partial charge in [-0.1, -0.05) is 121 Å². The van der Waals surface area contributed by atoms with E-state index in [1.807, 2.05) is 72.8 Å². The predicted octanol–water partition coefficient (Wildman–Crippen LogP) is 11.5. The summed E-state index contributed by atoms with van der Waals surface area (Å²) in [5, 5.41) is 6.49. The molecule has 0 spiro atoms. The van der Waals surface area contributed by atoms with E-state index in [4.69, 9.17) is 23.8 Å². The molecule has 0 saturated heterocycles. The first-order valence-corrected chi connectivity index (χ1v) is 15.9. The molecule has 0 aliphatic carbocycles. The molecule has 0 N–H and O–H groups in total. The third-order valence-corrected chi connectivity index (χ3v) is 9.13. The van der Waals surface area contributed by atoms with E-state index in [2.05, 4.69) is 78.9 Å². The van der Waals surface area contributed by atoms with E-state index >= 15 is 0 Å². The lowest BCUT2D eigenvalue weighted by molar-refractivity contribution is 0.668. The van der Waals surface area contributed by atoms with E-state index in [-0.39, 0.29) is 0 Å². The van der Waals surface area contributed by atoms with E-state index in [9.17, 15) is 0 Å². The molecule has 0 fully saturated rings. The third-order valence-electron chi connectivity index (χ3n) is 9.13. The lowest BCUT2D eigenvalue weighted by Gasteiger charge is -2.12. The smallest absolute Gasteiger partial charge is 0.164 e. The van der Waals surface area contributed by atoms with Crippen LogP contribution in [0.5, 0.6) is 0 Å². The van der Waals surface area contributed by atoms with Gasteiger partial charge in [0.05, 0.1) is 0 Å². The summed E-state index contributed by atoms with van der Waals surface area (Å²) >= 11 is 0. The topological polar surface area (TPSA) is 65.0 Å². The molecule has 0 radical (unpaired) electrons. The Morgan fingerprint density at radius 2 is 0.875 bits per heavy atom. The number of rotatable bonds is 4. The number of hydrogen-bond acceptors (Lipinski definition) is 5. The van der Waals surface area contributed by atoms with Crippen molar-refractivity contribution in [2.45, 2.75) is 0 Å². The molecule has 5 nitrogen and oxygen atoms in total. The van der Waals surface area contributed by atoms with Crippen LogP contribution in [-0.2, 0) is 0 Å². The van der Waals surface area contributed by atoms with Gasteiger partial charge in [-0.25, -0.2) is 15.0 Å². The van der Waals surface area contributed by atoms with Crippen molar-refractivity contribution in [2.75, 3.05) is 0 Å². The molecular formula is C43H25N3O2. The summed E-state index contributed by atoms with van der Waals surface area (Å²) in [6, 6.07) is 51.6. The fourth-order valence-electron chi connectivity index (χ4n) is 6.96. The SMILES string of the molecule is c1ccc(-c2nc(-c3cc(-c4cccc5ccccc45)c4c(c3)oc3ccccc34)nc(-c3cccc4oc5ccccc5c34)n2)cc1. The van der Waals surface area contributed by atoms with E-state index in [0.29, 0.717) is 17.5 Å². The van der Waals surface area contributed by atoms with Gasteiger partial charge in [0.1, 0.15) is 22.3 Å². The van der Waals surface area contributed by atoms with Gasteiger partial charge in [-0.05, 0) is 52.2 Å². The molecule has 0 aliphatic heterocycles. The van der Waals surface area contributed by atoms with Gasteiger partial charge in [0.2, 0.25) is 0 Å². The number of para-hydroxylation sites is 2. The van der Waals surface area contributed by atoms with E-state index in [1.165, 1.54) is 10.8 Å². The molecule has 0 saturated carbocycles. The molecule has 48 heavy (non-hydrogen) atoms. The maximum Gasteiger partial charge on any atom is 0.164 e. The maximum absolute atomic E-state index is 6.53. The monoisotopic (exact) mass is 615 g/mol. The van der Waals surface area contributed by atoms with Crippen LogP contribution in [0.15, 0.2) is 160 Å². The molecule has 0 bridgehead atoms. The summed E-state index contributed by atoms with van der Waals surface area (Å²) in [5.74, 6) is 1.73. The number of nitrogens with zero attached hydrogens (tertiary/aromatic N) is 3. The quantitative estimate of drug-likeness (QED) is 0.197. The number of benzene rings is 7. The Bertz CT molecular complexity index is 2840. The predicted molar refractivity (Wildman–Crippen MR) is 194 cm³/mol. The Morgan fingerprint density at radius 3 is 1.67 bits per heavy atom. The molecule has 3 heterocycles. The van der Waals surface area contributed by atoms with E-state index in [0.717, 1.165) is 71.7 Å². The summed E-state index contributed by atoms with van der Waals surface area (Å²) in [6.45, 7) is 0. The van der Waals surface area contributed by atoms with Gasteiger partial charge >= 0.3 is 0 Å². The Balaban J connectivity index is 1.28. The van der Waals surface area contributed by atoms with Gasteiger partial charge in [-0.2, -0.15) is 0 Å². The molecule has 10 rings (SSSR count). The minimum atomic E-state index is 0.562. The number of aromatic nitrogens is 3. The summed E-state index contributed by atoms with van der Waals surface area (Å²) in [7, 11) is 0. The highest BCUT2D eigenvalue weighted by Crippen LogP contribution is 2.42. The zero-order chi connectivity index (χ0) is 31.6. The molecule has 7 aromatic carbocycles. The van der Waals surface area contributed by atoms with Crippen LogP contribution in [0, 0.1) is 0 Å². The number of hydrogen-bond donors (Lipinski definition) is 0. The highest BCUT2D eigenvalue weighted by molar-refractivity contribution is 6.16. The Labute approximate surface area is 274 Å². The Morgan fingerprint density at radius 1 is 0.333 bits per heavy atom. The van der Waals surface area contributed by atoms with Crippen molar-refractivity contribution in [1.82, 2.24) is 15.0 Å². The first-order valence-electron chi connectivity index (χ1n) is 15.9. The van der Waals surface area contributed by atoms with Crippen LogP contribution >= 0.6 is 0 Å². The van der Waals surface area contributed by atoms with Gasteiger partial charge < -0.3 is 8.83 Å². The number of fused-ring (bicyclic) bond motifs is 7. The summed E-state index contributed by atoms with van der Waals surface area (Å²) < 4.78 is 12.8. The third kappa shape index (κ3) is 4.15. The standard InChI is InChI=1S/C43H25N3O2/c1-2-13-27(14-3-1)41-44-42(46-43(45-41)33-20-11-23-37-39(33)31-17-6-8-21-35(31)47-37)28-24-34(30-19-10-15-26-12-4-5-16-29(26)30)40-32-18-7-9-22-36(32)48-38(40)25-28/h1-25H. The van der Waals surface area contributed by atoms with Crippen molar-refractivity contribution in [3.63, 3.8) is 0 Å². The second-order valence-electron chi connectivity index (χ2n) is 12.0. The molecule has 3 aromatic heterocycles. The lowest BCUT2D eigenvalue weighted by atomic mass is 9.93. The Kier molecular flexibility index (Phi) is 5.81. The molecule has 0 aliphatic rings. The molecule has 224 valence electrons. The molecule has 0 unspecified atom stereocenters. The van der Waals surface area contributed by atoms with Crippen LogP contribution in [0.2, 0.25) is 0 Å². The minimum Gasteiger partial charge on any atom is -0.456 e. The normalized spacial score (nSPS) is 11.8. The summed E-state index contributed by atoms with van der Waals surface area (Å²) in [4.78, 5) is 15.4. The van der Waals surface area contributed by atoms with Crippen LogP contribution in [0.1, 0.15) is 0 Å². The zero-order valence-electron chi connectivity index (χ0n) is 25.6. The lowest BCUT2D eigenvalue weighted by Crippen LogP contribution is -2.00. The molecular weight excluding hydrogens is 590 g/mol. The van der Waals surface area contributed by atoms with Gasteiger partial charge in [-0.15, -0.1) is 0 Å². The van der Waals surface area contributed by atoms with E-state index < -0.39 is 0 Å². The van der Waals surface area contributed by atoms with Crippen LogP contribution in [0.25, 0.3) is 99.9 Å². The van der Waals surface area contributed by atoms with Gasteiger partial charge in [0.15, 0.2) is 17.5 Å². The zero-order valence-corrected chi connectivity index (χ0v) is 25.6. The average molecular weight is 616 g/mol. The highest BCUT2D eigenvalue weighted by Gasteiger charge is 2.21. The molecule has 0 amide bonds. The highest BCUT2D eigenvalue weighted by atomic mass is 16.3. The fourth-order valence-corrected chi connectivity index (χ4v) is 6.96. The van der Waals surface area contributed by atoms with Gasteiger partial charge in [0.25, 0.3) is 0 Å². The fraction of sp³-hybridized carbons (Fsp3) is 0. The van der Waals surface area contributed by atoms with Crippen molar-refractivity contribution < 1.29 is 8.83 Å². The average Bonchev–Trinajstić information content (AvgIpc) is 3.73. The van der Waals surface area contributed by atoms with Crippen molar-refractivity contribution in [3.8, 4) is 45.3 Å². The summed E-state index contributed by atoms with van der Waals surface area (Å²) in [6.07, 6.45) is 0. The van der Waals surface area contributed by atoms with Crippen molar-refractivity contribution >= 4 is 54.6 Å². The Hall–Kier alpha value is -6.59. The van der Waals surface area contributed by atoms with Gasteiger partial charge in [-0.3, -0.25) is 0 Å². The van der Waals surface area contributed by atoms with Crippen LogP contribution in [-0.4, -0.2) is 15.0 Å². The summed E-state index contributed by atoms with van der Waals surface area (Å²) in [5.41, 5.74) is 8.06. The first-order chi connectivity index (χ1) is 23.8. The van der Waals surface area contributed by atoms with Crippen molar-refractivity contribution in [1.29, 1.82) is 0 Å². The number of furan rings is 2. The minimum absolute atomic E-state index is 0.562. The van der Waals surface area contributed by atoms with Gasteiger partial charge in [0, 0.05) is 38.2 Å². The van der Waals surface area contributed by atoms with Crippen LogP contribution < -0.4 is 0 Å². The first kappa shape index (κ1) is 26.6. The van der Waals surface area contributed by atoms with Crippen LogP contribution in [0.3, 0.4) is 0 Å². The van der Waals surface area contributed by atoms with E-state index in [1.54, 1.807) is 0 Å². The molecule has 0 atom stereocenters. The largest absolute Gasteiger partial charge is 0.456 e. The maximum atomic E-state index is 6.53. The van der Waals surface area contributed by atoms with Crippen molar-refractivity contribution in [2.24, 2.45) is 0 Å².